The van der Waals surface area contributed by atoms with Gasteiger partial charge in [0, 0.05) is 18.0 Å². The highest BCUT2D eigenvalue weighted by Crippen LogP contribution is 2.32. The first kappa shape index (κ1) is 10.2. The molecule has 1 aliphatic rings. The second kappa shape index (κ2) is 4.03. The zero-order valence-electron chi connectivity index (χ0n) is 9.34. The molecule has 0 N–H and O–H groups in total. The number of hydrogen-bond donors (Lipinski definition) is 0. The van der Waals surface area contributed by atoms with E-state index in [1.165, 1.54) is 26.1 Å². The van der Waals surface area contributed by atoms with Gasteiger partial charge in [0.1, 0.15) is 0 Å². The lowest BCUT2D eigenvalue weighted by Crippen LogP contribution is -2.29. The third kappa shape index (κ3) is 1.73. The molecular weight excluding hydrogens is 190 g/mol. The Kier molecular flexibility index (Phi) is 2.93. The van der Waals surface area contributed by atoms with Gasteiger partial charge in [0.15, 0.2) is 0 Å². The minimum absolute atomic E-state index is 0.697. The van der Waals surface area contributed by atoms with Crippen LogP contribution >= 0.6 is 11.3 Å². The van der Waals surface area contributed by atoms with E-state index >= 15 is 0 Å². The molecule has 0 fully saturated rings. The minimum atomic E-state index is 0.697. The first-order valence-corrected chi connectivity index (χ1v) is 6.41. The molecular formula is C12H19NS. The summed E-state index contributed by atoms with van der Waals surface area (Å²) in [6.07, 6.45) is 1.26. The molecule has 1 nitrogen and oxygen atoms in total. The van der Waals surface area contributed by atoms with E-state index in [2.05, 4.69) is 31.1 Å². The molecule has 0 radical (unpaired) electrons. The fourth-order valence-electron chi connectivity index (χ4n) is 2.16. The number of hydrogen-bond acceptors (Lipinski definition) is 2. The Morgan fingerprint density at radius 2 is 2.29 bits per heavy atom. The summed E-state index contributed by atoms with van der Waals surface area (Å²) in [5, 5.41) is 2.37. The predicted octanol–water partition coefficient (Wildman–Crippen LogP) is 3.25. The van der Waals surface area contributed by atoms with Crippen molar-refractivity contribution in [1.82, 2.24) is 4.90 Å². The third-order valence-corrected chi connectivity index (χ3v) is 4.16. The average molecular weight is 209 g/mol. The largest absolute Gasteiger partial charge is 0.298 e. The van der Waals surface area contributed by atoms with Crippen molar-refractivity contribution in [2.45, 2.75) is 39.7 Å². The molecule has 0 saturated heterocycles. The molecule has 14 heavy (non-hydrogen) atoms. The Bertz CT molecular complexity index is 314. The van der Waals surface area contributed by atoms with Crippen molar-refractivity contribution in [3.05, 3.63) is 21.4 Å². The van der Waals surface area contributed by atoms with Gasteiger partial charge in [0.05, 0.1) is 0 Å². The average Bonchev–Trinajstić information content (AvgIpc) is 2.59. The molecule has 78 valence electrons. The van der Waals surface area contributed by atoms with E-state index in [0.717, 1.165) is 0 Å². The quantitative estimate of drug-likeness (QED) is 0.722. The van der Waals surface area contributed by atoms with E-state index in [9.17, 15) is 0 Å². The third-order valence-electron chi connectivity index (χ3n) is 3.13. The van der Waals surface area contributed by atoms with Gasteiger partial charge in [-0.15, -0.1) is 11.3 Å². The molecule has 2 heterocycles. The Hall–Kier alpha value is -0.340. The van der Waals surface area contributed by atoms with E-state index in [0.29, 0.717) is 5.92 Å². The van der Waals surface area contributed by atoms with Crippen molar-refractivity contribution in [2.24, 2.45) is 0 Å². The van der Waals surface area contributed by atoms with E-state index in [-0.39, 0.29) is 0 Å². The Morgan fingerprint density at radius 3 is 2.93 bits per heavy atom. The highest BCUT2D eigenvalue weighted by Gasteiger charge is 2.20. The maximum absolute atomic E-state index is 2.53. The summed E-state index contributed by atoms with van der Waals surface area (Å²) in [5.41, 5.74) is 3.26. The molecule has 1 aromatic rings. The van der Waals surface area contributed by atoms with Crippen molar-refractivity contribution in [3.8, 4) is 0 Å². The van der Waals surface area contributed by atoms with Crippen molar-refractivity contribution >= 4 is 11.3 Å². The van der Waals surface area contributed by atoms with Crippen molar-refractivity contribution in [1.29, 1.82) is 0 Å². The second-order valence-corrected chi connectivity index (χ2v) is 5.33. The zero-order chi connectivity index (χ0) is 10.1. The highest BCUT2D eigenvalue weighted by molar-refractivity contribution is 7.10. The molecule has 1 aromatic heterocycles. The standard InChI is InChI=1S/C12H19NS/c1-4-13-6-5-10-11(9(2)3)8-14-12(10)7-13/h8-9H,4-7H2,1-3H3. The maximum atomic E-state index is 2.53. The van der Waals surface area contributed by atoms with Crippen LogP contribution in [0.2, 0.25) is 0 Å². The Balaban J connectivity index is 2.25. The number of nitrogens with zero attached hydrogens (tertiary/aromatic N) is 1. The van der Waals surface area contributed by atoms with Gasteiger partial charge in [-0.25, -0.2) is 0 Å². The molecule has 0 saturated carbocycles. The molecule has 0 aromatic carbocycles. The summed E-state index contributed by atoms with van der Waals surface area (Å²) in [6.45, 7) is 10.5. The van der Waals surface area contributed by atoms with Crippen LogP contribution in [0.15, 0.2) is 5.38 Å². The minimum Gasteiger partial charge on any atom is -0.298 e. The van der Waals surface area contributed by atoms with Gasteiger partial charge in [0.2, 0.25) is 0 Å². The second-order valence-electron chi connectivity index (χ2n) is 4.37. The van der Waals surface area contributed by atoms with Crippen molar-refractivity contribution in [3.63, 3.8) is 0 Å². The van der Waals surface area contributed by atoms with Gasteiger partial charge < -0.3 is 0 Å². The SMILES string of the molecule is CCN1CCc2c(C(C)C)csc2C1. The fourth-order valence-corrected chi connectivity index (χ4v) is 3.46. The smallest absolute Gasteiger partial charge is 0.0330 e. The van der Waals surface area contributed by atoms with Gasteiger partial charge in [-0.2, -0.15) is 0 Å². The summed E-state index contributed by atoms with van der Waals surface area (Å²) >= 11 is 1.96. The zero-order valence-corrected chi connectivity index (χ0v) is 10.2. The normalized spacial score (nSPS) is 17.4. The van der Waals surface area contributed by atoms with Crippen LogP contribution < -0.4 is 0 Å². The van der Waals surface area contributed by atoms with Crippen LogP contribution in [-0.4, -0.2) is 18.0 Å². The van der Waals surface area contributed by atoms with Gasteiger partial charge >= 0.3 is 0 Å². The fraction of sp³-hybridized carbons (Fsp3) is 0.667. The molecule has 2 heteroatoms. The van der Waals surface area contributed by atoms with Crippen LogP contribution in [0.1, 0.15) is 42.7 Å². The molecule has 1 aliphatic heterocycles. The van der Waals surface area contributed by atoms with Gasteiger partial charge in [-0.3, -0.25) is 4.90 Å². The monoisotopic (exact) mass is 209 g/mol. The van der Waals surface area contributed by atoms with Crippen LogP contribution in [0.4, 0.5) is 0 Å². The topological polar surface area (TPSA) is 3.24 Å². The summed E-state index contributed by atoms with van der Waals surface area (Å²) < 4.78 is 0. The Morgan fingerprint density at radius 1 is 1.50 bits per heavy atom. The summed E-state index contributed by atoms with van der Waals surface area (Å²) in [7, 11) is 0. The van der Waals surface area contributed by atoms with Crippen molar-refractivity contribution in [2.75, 3.05) is 13.1 Å². The van der Waals surface area contributed by atoms with Crippen LogP contribution in [0.25, 0.3) is 0 Å². The van der Waals surface area contributed by atoms with Crippen LogP contribution in [0.3, 0.4) is 0 Å². The first-order chi connectivity index (χ1) is 6.72. The van der Waals surface area contributed by atoms with E-state index < -0.39 is 0 Å². The number of likely N-dealkylation sites (N-methyl/N-ethyl adjacent to an activating group) is 1. The molecule has 0 amide bonds. The molecule has 0 unspecified atom stereocenters. The van der Waals surface area contributed by atoms with E-state index in [1.807, 2.05) is 11.3 Å². The van der Waals surface area contributed by atoms with E-state index in [4.69, 9.17) is 0 Å². The summed E-state index contributed by atoms with van der Waals surface area (Å²) in [4.78, 5) is 4.14. The molecule has 0 bridgehead atoms. The van der Waals surface area contributed by atoms with Crippen LogP contribution in [0, 0.1) is 0 Å². The lowest BCUT2D eigenvalue weighted by atomic mass is 9.96. The predicted molar refractivity (Wildman–Crippen MR) is 63.1 cm³/mol. The number of rotatable bonds is 2. The van der Waals surface area contributed by atoms with Gasteiger partial charge in [-0.05, 0) is 35.4 Å². The maximum Gasteiger partial charge on any atom is 0.0330 e. The van der Waals surface area contributed by atoms with Crippen molar-refractivity contribution < 1.29 is 0 Å². The molecule has 2 rings (SSSR count). The van der Waals surface area contributed by atoms with Crippen LogP contribution in [0.5, 0.6) is 0 Å². The van der Waals surface area contributed by atoms with Gasteiger partial charge in [-0.1, -0.05) is 20.8 Å². The van der Waals surface area contributed by atoms with Crippen LogP contribution in [-0.2, 0) is 13.0 Å². The molecule has 0 aliphatic carbocycles. The molecule has 0 atom stereocenters. The number of fused-ring (bicyclic) bond motifs is 1. The highest BCUT2D eigenvalue weighted by atomic mass is 32.1. The summed E-state index contributed by atoms with van der Waals surface area (Å²) in [5.74, 6) is 0.697. The number of thiophene rings is 1. The van der Waals surface area contributed by atoms with E-state index in [1.54, 1.807) is 16.0 Å². The lowest BCUT2D eigenvalue weighted by Gasteiger charge is -2.26. The first-order valence-electron chi connectivity index (χ1n) is 5.53. The lowest BCUT2D eigenvalue weighted by molar-refractivity contribution is 0.271. The Labute approximate surface area is 90.7 Å². The van der Waals surface area contributed by atoms with Gasteiger partial charge in [0.25, 0.3) is 0 Å². The molecule has 0 spiro atoms. The summed E-state index contributed by atoms with van der Waals surface area (Å²) in [6, 6.07) is 0.